The van der Waals surface area contributed by atoms with Crippen molar-refractivity contribution in [3.8, 4) is 0 Å². The minimum atomic E-state index is 1.34. The van der Waals surface area contributed by atoms with Gasteiger partial charge in [0.25, 0.3) is 0 Å². The summed E-state index contributed by atoms with van der Waals surface area (Å²) < 4.78 is 0. The second-order valence-electron chi connectivity index (χ2n) is 1.19. The zero-order valence-electron chi connectivity index (χ0n) is 3.52. The highest BCUT2D eigenvalue weighted by Gasteiger charge is 1.85. The molecule has 1 aliphatic rings. The van der Waals surface area contributed by atoms with Crippen LogP contribution in [0, 0.1) is 5.08 Å². The molecule has 6 heavy (non-hydrogen) atoms. The van der Waals surface area contributed by atoms with E-state index in [-0.39, 0.29) is 0 Å². The third kappa shape index (κ3) is 1.43. The van der Waals surface area contributed by atoms with E-state index in [9.17, 15) is 0 Å². The van der Waals surface area contributed by atoms with Gasteiger partial charge in [-0.15, -0.1) is 0 Å². The third-order valence-corrected chi connectivity index (χ3v) is 2.80. The van der Waals surface area contributed by atoms with Gasteiger partial charge in [0.1, 0.15) is 0 Å². The largest absolute Gasteiger partial charge is 0.341 e. The monoisotopic (exact) mass is 119 g/mol. The predicted octanol–water partition coefficient (Wildman–Crippen LogP) is 1.98. The van der Waals surface area contributed by atoms with E-state index in [1.165, 1.54) is 17.9 Å². The second-order valence-corrected chi connectivity index (χ2v) is 3.44. The van der Waals surface area contributed by atoms with Crippen molar-refractivity contribution in [2.45, 2.75) is 6.42 Å². The van der Waals surface area contributed by atoms with Gasteiger partial charge in [-0.3, -0.25) is 0 Å². The molecule has 0 aromatic rings. The smallest absolute Gasteiger partial charge is 0.0360 e. The van der Waals surface area contributed by atoms with Crippen LogP contribution < -0.4 is 0 Å². The van der Waals surface area contributed by atoms with Gasteiger partial charge in [-0.05, 0) is 17.9 Å². The van der Waals surface area contributed by atoms with Crippen molar-refractivity contribution in [1.29, 1.82) is 0 Å². The van der Waals surface area contributed by atoms with E-state index in [2.05, 4.69) is 5.08 Å². The Morgan fingerprint density at radius 2 is 1.83 bits per heavy atom. The summed E-state index contributed by atoms with van der Waals surface area (Å²) in [6.45, 7) is 0. The molecule has 0 bridgehead atoms. The molecule has 1 fully saturated rings. The molecule has 1 aliphatic heterocycles. The van der Waals surface area contributed by atoms with E-state index >= 15 is 0 Å². The average Bonchev–Trinajstić information content (AvgIpc) is 1.72. The maximum Gasteiger partial charge on any atom is -0.0360 e. The fraction of sp³-hybridized carbons (Fsp3) is 0.750. The van der Waals surface area contributed by atoms with Gasteiger partial charge in [0.2, 0.25) is 0 Å². The number of thioether (sulfide) groups is 2. The van der Waals surface area contributed by atoms with Gasteiger partial charge in [-0.2, -0.15) is 0 Å². The van der Waals surface area contributed by atoms with Gasteiger partial charge in [0.15, 0.2) is 0 Å². The van der Waals surface area contributed by atoms with Gasteiger partial charge in [-0.1, -0.05) is 0 Å². The van der Waals surface area contributed by atoms with E-state index < -0.39 is 0 Å². The highest BCUT2D eigenvalue weighted by molar-refractivity contribution is 8.19. The van der Waals surface area contributed by atoms with Gasteiger partial charge >= 0.3 is 0 Å². The average molecular weight is 119 g/mol. The Bertz CT molecular complexity index is 21.0. The van der Waals surface area contributed by atoms with Crippen molar-refractivity contribution < 1.29 is 0 Å². The van der Waals surface area contributed by atoms with E-state index in [0.717, 1.165) is 0 Å². The molecule has 0 spiro atoms. The van der Waals surface area contributed by atoms with E-state index in [0.29, 0.717) is 0 Å². The van der Waals surface area contributed by atoms with Crippen LogP contribution >= 0.6 is 23.5 Å². The first-order valence-corrected chi connectivity index (χ1v) is 4.15. The Kier molecular flexibility index (Phi) is 2.27. The summed E-state index contributed by atoms with van der Waals surface area (Å²) in [5.41, 5.74) is 0. The first kappa shape index (κ1) is 4.85. The molecule has 0 unspecified atom stereocenters. The van der Waals surface area contributed by atoms with Crippen molar-refractivity contribution >= 4 is 23.5 Å². The molecule has 1 heterocycles. The zero-order valence-corrected chi connectivity index (χ0v) is 5.15. The van der Waals surface area contributed by atoms with Crippen LogP contribution in [0.4, 0.5) is 0 Å². The second kappa shape index (κ2) is 2.80. The minimum Gasteiger partial charge on any atom is -0.341 e. The Hall–Kier alpha value is 0.700. The lowest BCUT2D eigenvalue weighted by Gasteiger charge is -2.18. The molecular formula is C4H7S2-. The molecule has 36 valence electrons. The predicted molar refractivity (Wildman–Crippen MR) is 33.8 cm³/mol. The van der Waals surface area contributed by atoms with Crippen LogP contribution in [0.3, 0.4) is 0 Å². The Morgan fingerprint density at radius 3 is 2.00 bits per heavy atom. The highest BCUT2D eigenvalue weighted by Crippen LogP contribution is 2.25. The lowest BCUT2D eigenvalue weighted by atomic mass is 10.6. The molecular weight excluding hydrogens is 112 g/mol. The summed E-state index contributed by atoms with van der Waals surface area (Å²) in [7, 11) is 0. The maximum absolute atomic E-state index is 2.23. The van der Waals surface area contributed by atoms with Gasteiger partial charge in [0, 0.05) is 0 Å². The summed E-state index contributed by atoms with van der Waals surface area (Å²) in [5.74, 6) is 2.68. The molecule has 0 N–H and O–H groups in total. The van der Waals surface area contributed by atoms with Gasteiger partial charge in [-0.25, -0.2) is 5.08 Å². The summed E-state index contributed by atoms with van der Waals surface area (Å²) in [5, 5.41) is 2.23. The first-order chi connectivity index (χ1) is 3.00. The topological polar surface area (TPSA) is 0 Å². The summed E-state index contributed by atoms with van der Waals surface area (Å²) in [6, 6.07) is 0. The molecule has 0 aliphatic carbocycles. The fourth-order valence-corrected chi connectivity index (χ4v) is 2.33. The third-order valence-electron chi connectivity index (χ3n) is 0.660. The minimum absolute atomic E-state index is 1.34. The molecule has 0 aromatic heterocycles. The van der Waals surface area contributed by atoms with Gasteiger partial charge < -0.3 is 23.5 Å². The van der Waals surface area contributed by atoms with Crippen LogP contribution in [0.15, 0.2) is 0 Å². The normalized spacial score (nSPS) is 24.0. The molecule has 2 heteroatoms. The fourth-order valence-electron chi connectivity index (χ4n) is 0.370. The first-order valence-electron chi connectivity index (χ1n) is 2.05. The van der Waals surface area contributed by atoms with Crippen molar-refractivity contribution in [2.24, 2.45) is 0 Å². The molecule has 0 radical (unpaired) electrons. The van der Waals surface area contributed by atoms with Gasteiger partial charge in [0.05, 0.1) is 0 Å². The van der Waals surface area contributed by atoms with Crippen LogP contribution in [-0.2, 0) is 0 Å². The van der Waals surface area contributed by atoms with Crippen molar-refractivity contribution in [3.05, 3.63) is 5.08 Å². The number of hydrogen-bond donors (Lipinski definition) is 0. The molecule has 0 nitrogen and oxygen atoms in total. The van der Waals surface area contributed by atoms with Crippen molar-refractivity contribution in [2.75, 3.05) is 11.5 Å². The van der Waals surface area contributed by atoms with Crippen LogP contribution in [0.1, 0.15) is 6.42 Å². The zero-order chi connectivity index (χ0) is 4.24. The Balaban J connectivity index is 2.00. The maximum atomic E-state index is 2.23. The van der Waals surface area contributed by atoms with E-state index in [1.54, 1.807) is 0 Å². The quantitative estimate of drug-likeness (QED) is 0.447. The van der Waals surface area contributed by atoms with Crippen LogP contribution in [0.5, 0.6) is 0 Å². The van der Waals surface area contributed by atoms with E-state index in [1.807, 2.05) is 23.5 Å². The Morgan fingerprint density at radius 1 is 1.17 bits per heavy atom. The Labute approximate surface area is 47.1 Å². The number of rotatable bonds is 0. The summed E-state index contributed by atoms with van der Waals surface area (Å²) in [4.78, 5) is 0. The molecule has 0 atom stereocenters. The number of hydrogen-bond acceptors (Lipinski definition) is 2. The lowest BCUT2D eigenvalue weighted by molar-refractivity contribution is 1.12. The standard InChI is InChI=1S/C4H7S2/c1-2-5-4-6-3-1/h4H,1-3H2/q-1. The molecule has 0 amide bonds. The summed E-state index contributed by atoms with van der Waals surface area (Å²) in [6.07, 6.45) is 1.39. The SMILES string of the molecule is [CH-]1SCCCS1. The van der Waals surface area contributed by atoms with Crippen molar-refractivity contribution in [3.63, 3.8) is 0 Å². The van der Waals surface area contributed by atoms with Crippen molar-refractivity contribution in [1.82, 2.24) is 0 Å². The van der Waals surface area contributed by atoms with Crippen LogP contribution in [0.25, 0.3) is 0 Å². The highest BCUT2D eigenvalue weighted by atomic mass is 32.2. The lowest BCUT2D eigenvalue weighted by Crippen LogP contribution is -1.87. The summed E-state index contributed by atoms with van der Waals surface area (Å²) >= 11 is 3.87. The van der Waals surface area contributed by atoms with E-state index in [4.69, 9.17) is 0 Å². The molecule has 0 saturated carbocycles. The molecule has 0 aromatic carbocycles. The van der Waals surface area contributed by atoms with Crippen LogP contribution in [0.2, 0.25) is 0 Å². The van der Waals surface area contributed by atoms with Crippen LogP contribution in [-0.4, -0.2) is 11.5 Å². The molecule has 1 rings (SSSR count). The molecule has 1 saturated heterocycles.